The minimum Gasteiger partial charge on any atom is -0.352 e. The number of carbonyl (C=O) groups is 1. The third-order valence-electron chi connectivity index (χ3n) is 4.27. The van der Waals surface area contributed by atoms with Gasteiger partial charge in [-0.05, 0) is 36.5 Å². The lowest BCUT2D eigenvalue weighted by molar-refractivity contribution is 0.0936. The van der Waals surface area contributed by atoms with Crippen LogP contribution in [0.5, 0.6) is 0 Å². The lowest BCUT2D eigenvalue weighted by Crippen LogP contribution is -2.33. The molecule has 0 spiro atoms. The molecule has 0 saturated heterocycles. The second kappa shape index (κ2) is 7.85. The molecule has 0 bridgehead atoms. The zero-order valence-electron chi connectivity index (χ0n) is 12.7. The molecule has 2 rings (SSSR count). The average Bonchev–Trinajstić information content (AvgIpc) is 2.52. The Labute approximate surface area is 127 Å². The summed E-state index contributed by atoms with van der Waals surface area (Å²) >= 11 is 0. The van der Waals surface area contributed by atoms with Crippen molar-refractivity contribution in [3.8, 4) is 11.8 Å². The van der Waals surface area contributed by atoms with Crippen molar-refractivity contribution in [2.24, 2.45) is 17.6 Å². The summed E-state index contributed by atoms with van der Waals surface area (Å²) in [4.78, 5) is 12.2. The van der Waals surface area contributed by atoms with Gasteiger partial charge in [0, 0.05) is 17.7 Å². The topological polar surface area (TPSA) is 55.1 Å². The maximum Gasteiger partial charge on any atom is 0.251 e. The van der Waals surface area contributed by atoms with Gasteiger partial charge in [0.15, 0.2) is 0 Å². The van der Waals surface area contributed by atoms with Crippen LogP contribution in [-0.4, -0.2) is 19.0 Å². The number of carbonyl (C=O) groups excluding carboxylic acids is 1. The first-order valence-electron chi connectivity index (χ1n) is 7.78. The molecule has 2 atom stereocenters. The zero-order chi connectivity index (χ0) is 15.1. The molecule has 0 aromatic heterocycles. The van der Waals surface area contributed by atoms with Crippen LogP contribution in [-0.2, 0) is 0 Å². The van der Waals surface area contributed by atoms with Crippen LogP contribution in [0, 0.1) is 23.7 Å². The number of nitrogens with one attached hydrogen (secondary N) is 1. The molecule has 3 nitrogen and oxygen atoms in total. The predicted octanol–water partition coefficient (Wildman–Crippen LogP) is 2.55. The first kappa shape index (κ1) is 15.6. The Morgan fingerprint density at radius 3 is 2.95 bits per heavy atom. The molecule has 1 saturated carbocycles. The van der Waals surface area contributed by atoms with E-state index < -0.39 is 0 Å². The van der Waals surface area contributed by atoms with E-state index >= 15 is 0 Å². The second-order valence-electron chi connectivity index (χ2n) is 5.82. The summed E-state index contributed by atoms with van der Waals surface area (Å²) in [6, 6.07) is 7.40. The van der Waals surface area contributed by atoms with Crippen LogP contribution >= 0.6 is 0 Å². The molecule has 0 radical (unpaired) electrons. The number of nitrogens with two attached hydrogens (primary N) is 1. The first-order chi connectivity index (χ1) is 10.2. The Hall–Kier alpha value is -1.79. The molecule has 21 heavy (non-hydrogen) atoms. The van der Waals surface area contributed by atoms with Gasteiger partial charge in [-0.15, -0.1) is 0 Å². The van der Waals surface area contributed by atoms with Crippen LogP contribution in [0.4, 0.5) is 0 Å². The summed E-state index contributed by atoms with van der Waals surface area (Å²) in [6.45, 7) is 3.40. The Kier molecular flexibility index (Phi) is 5.83. The number of benzene rings is 1. The number of hydrogen-bond acceptors (Lipinski definition) is 2. The van der Waals surface area contributed by atoms with Crippen LogP contribution in [0.2, 0.25) is 0 Å². The first-order valence-corrected chi connectivity index (χ1v) is 7.78. The summed E-state index contributed by atoms with van der Waals surface area (Å²) in [6.07, 6.45) is 5.12. The maximum atomic E-state index is 12.2. The molecule has 2 unspecified atom stereocenters. The van der Waals surface area contributed by atoms with E-state index in [4.69, 9.17) is 5.73 Å². The van der Waals surface area contributed by atoms with Crippen molar-refractivity contribution in [3.63, 3.8) is 0 Å². The molecule has 1 aliphatic rings. The van der Waals surface area contributed by atoms with E-state index in [1.807, 2.05) is 24.3 Å². The molecule has 112 valence electrons. The summed E-state index contributed by atoms with van der Waals surface area (Å²) in [5.74, 6) is 7.08. The summed E-state index contributed by atoms with van der Waals surface area (Å²) in [5, 5.41) is 3.07. The highest BCUT2D eigenvalue weighted by Crippen LogP contribution is 2.28. The van der Waals surface area contributed by atoms with Crippen LogP contribution in [0.3, 0.4) is 0 Å². The van der Waals surface area contributed by atoms with E-state index in [9.17, 15) is 4.79 Å². The van der Waals surface area contributed by atoms with Crippen LogP contribution in [0.15, 0.2) is 24.3 Å². The third kappa shape index (κ3) is 4.61. The SMILES string of the molecule is CC1CCCCC1CNC(=O)c1cccc(C#CCN)c1. The molecular weight excluding hydrogens is 260 g/mol. The van der Waals surface area contributed by atoms with E-state index in [1.165, 1.54) is 25.7 Å². The fourth-order valence-electron chi connectivity index (χ4n) is 2.91. The summed E-state index contributed by atoms with van der Waals surface area (Å²) < 4.78 is 0. The van der Waals surface area contributed by atoms with Crippen LogP contribution in [0.25, 0.3) is 0 Å². The van der Waals surface area contributed by atoms with Crippen molar-refractivity contribution in [1.82, 2.24) is 5.32 Å². The smallest absolute Gasteiger partial charge is 0.251 e. The van der Waals surface area contributed by atoms with Gasteiger partial charge in [0.2, 0.25) is 0 Å². The van der Waals surface area contributed by atoms with Gasteiger partial charge in [-0.25, -0.2) is 0 Å². The van der Waals surface area contributed by atoms with E-state index in [0.717, 1.165) is 12.1 Å². The van der Waals surface area contributed by atoms with Gasteiger partial charge < -0.3 is 11.1 Å². The lowest BCUT2D eigenvalue weighted by Gasteiger charge is -2.28. The minimum atomic E-state index is -0.0100. The highest BCUT2D eigenvalue weighted by Gasteiger charge is 2.21. The molecule has 0 aliphatic heterocycles. The molecule has 3 heteroatoms. The fourth-order valence-corrected chi connectivity index (χ4v) is 2.91. The Morgan fingerprint density at radius 2 is 2.19 bits per heavy atom. The predicted molar refractivity (Wildman–Crippen MR) is 85.8 cm³/mol. The maximum absolute atomic E-state index is 12.2. The second-order valence-corrected chi connectivity index (χ2v) is 5.82. The van der Waals surface area contributed by atoms with Gasteiger partial charge in [-0.1, -0.05) is 44.1 Å². The van der Waals surface area contributed by atoms with E-state index in [1.54, 1.807) is 0 Å². The van der Waals surface area contributed by atoms with E-state index in [0.29, 0.717) is 23.9 Å². The van der Waals surface area contributed by atoms with E-state index in [2.05, 4.69) is 24.1 Å². The zero-order valence-corrected chi connectivity index (χ0v) is 12.7. The van der Waals surface area contributed by atoms with Crippen molar-refractivity contribution < 1.29 is 4.79 Å². The van der Waals surface area contributed by atoms with Gasteiger partial charge in [-0.3, -0.25) is 4.79 Å². The van der Waals surface area contributed by atoms with Crippen molar-refractivity contribution >= 4 is 5.91 Å². The average molecular weight is 284 g/mol. The fraction of sp³-hybridized carbons (Fsp3) is 0.500. The van der Waals surface area contributed by atoms with Gasteiger partial charge in [0.05, 0.1) is 6.54 Å². The quantitative estimate of drug-likeness (QED) is 0.838. The Morgan fingerprint density at radius 1 is 1.38 bits per heavy atom. The molecule has 0 heterocycles. The minimum absolute atomic E-state index is 0.0100. The molecule has 1 fully saturated rings. The van der Waals surface area contributed by atoms with Crippen LogP contribution in [0.1, 0.15) is 48.5 Å². The highest BCUT2D eigenvalue weighted by atomic mass is 16.1. The van der Waals surface area contributed by atoms with Crippen molar-refractivity contribution in [2.45, 2.75) is 32.6 Å². The third-order valence-corrected chi connectivity index (χ3v) is 4.27. The molecule has 3 N–H and O–H groups in total. The number of rotatable bonds is 3. The monoisotopic (exact) mass is 284 g/mol. The van der Waals surface area contributed by atoms with Gasteiger partial charge in [-0.2, -0.15) is 0 Å². The van der Waals surface area contributed by atoms with Gasteiger partial charge in [0.1, 0.15) is 0 Å². The summed E-state index contributed by atoms with van der Waals surface area (Å²) in [5.41, 5.74) is 6.87. The Bertz CT molecular complexity index is 542. The van der Waals surface area contributed by atoms with Gasteiger partial charge >= 0.3 is 0 Å². The van der Waals surface area contributed by atoms with E-state index in [-0.39, 0.29) is 5.91 Å². The molecular formula is C18H24N2O. The van der Waals surface area contributed by atoms with Crippen molar-refractivity contribution in [1.29, 1.82) is 0 Å². The number of hydrogen-bond donors (Lipinski definition) is 2. The van der Waals surface area contributed by atoms with Crippen molar-refractivity contribution in [3.05, 3.63) is 35.4 Å². The Balaban J connectivity index is 1.93. The number of amides is 1. The molecule has 1 aromatic carbocycles. The normalized spacial score (nSPS) is 21.2. The lowest BCUT2D eigenvalue weighted by atomic mass is 9.80. The highest BCUT2D eigenvalue weighted by molar-refractivity contribution is 5.94. The standard InChI is InChI=1S/C18H24N2O/c1-14-6-2-3-9-17(14)13-20-18(21)16-10-4-7-15(12-16)8-5-11-19/h4,7,10,12,14,17H,2-3,6,9,11,13,19H2,1H3,(H,20,21). The molecule has 1 aliphatic carbocycles. The molecule has 1 aromatic rings. The van der Waals surface area contributed by atoms with Gasteiger partial charge in [0.25, 0.3) is 5.91 Å². The van der Waals surface area contributed by atoms with Crippen molar-refractivity contribution in [2.75, 3.05) is 13.1 Å². The summed E-state index contributed by atoms with van der Waals surface area (Å²) in [7, 11) is 0. The molecule has 1 amide bonds. The largest absolute Gasteiger partial charge is 0.352 e. The van der Waals surface area contributed by atoms with Crippen LogP contribution < -0.4 is 11.1 Å².